The largest absolute Gasteiger partial charge is 0.494 e. The molecule has 2 rings (SSSR count). The van der Waals surface area contributed by atoms with E-state index < -0.39 is 0 Å². The molecule has 1 fully saturated rings. The average molecular weight is 247 g/mol. The van der Waals surface area contributed by atoms with Crippen LogP contribution < -0.4 is 10.5 Å². The number of rotatable bonds is 3. The van der Waals surface area contributed by atoms with Gasteiger partial charge in [-0.25, -0.2) is 0 Å². The molecule has 2 nitrogen and oxygen atoms in total. The highest BCUT2D eigenvalue weighted by Crippen LogP contribution is 2.42. The van der Waals surface area contributed by atoms with E-state index >= 15 is 0 Å². The van der Waals surface area contributed by atoms with Gasteiger partial charge in [0.15, 0.2) is 0 Å². The van der Waals surface area contributed by atoms with Gasteiger partial charge in [0.25, 0.3) is 0 Å². The van der Waals surface area contributed by atoms with Crippen molar-refractivity contribution in [1.82, 2.24) is 0 Å². The van der Waals surface area contributed by atoms with Crippen molar-refractivity contribution < 1.29 is 4.74 Å². The van der Waals surface area contributed by atoms with Crippen molar-refractivity contribution in [2.45, 2.75) is 45.6 Å². The quantitative estimate of drug-likeness (QED) is 0.884. The zero-order chi connectivity index (χ0) is 13.2. The number of hydrogen-bond acceptors (Lipinski definition) is 2. The molecule has 0 bridgehead atoms. The van der Waals surface area contributed by atoms with Gasteiger partial charge in [0.05, 0.1) is 6.61 Å². The van der Waals surface area contributed by atoms with Gasteiger partial charge in [0.2, 0.25) is 0 Å². The van der Waals surface area contributed by atoms with Gasteiger partial charge in [-0.3, -0.25) is 0 Å². The van der Waals surface area contributed by atoms with Crippen molar-refractivity contribution in [2.75, 3.05) is 6.61 Å². The van der Waals surface area contributed by atoms with Gasteiger partial charge in [-0.05, 0) is 49.3 Å². The Morgan fingerprint density at radius 2 is 2.11 bits per heavy atom. The first-order valence-corrected chi connectivity index (χ1v) is 7.08. The lowest BCUT2D eigenvalue weighted by atomic mass is 9.67. The zero-order valence-corrected chi connectivity index (χ0v) is 11.8. The number of benzene rings is 1. The molecule has 1 aliphatic carbocycles. The van der Waals surface area contributed by atoms with Gasteiger partial charge in [-0.1, -0.05) is 32.4 Å². The maximum absolute atomic E-state index is 6.72. The molecule has 100 valence electrons. The van der Waals surface area contributed by atoms with Crippen molar-refractivity contribution in [1.29, 1.82) is 0 Å². The first kappa shape index (κ1) is 13.4. The fraction of sp³-hybridized carbons (Fsp3) is 0.625. The molecule has 1 aromatic carbocycles. The summed E-state index contributed by atoms with van der Waals surface area (Å²) < 4.78 is 5.59. The fourth-order valence-corrected chi connectivity index (χ4v) is 3.12. The lowest BCUT2D eigenvalue weighted by molar-refractivity contribution is 0.161. The van der Waals surface area contributed by atoms with E-state index in [1.807, 2.05) is 13.0 Å². The normalized spacial score (nSPS) is 32.2. The predicted octanol–water partition coefficient (Wildman–Crippen LogP) is 3.70. The highest BCUT2D eigenvalue weighted by atomic mass is 16.5. The zero-order valence-electron chi connectivity index (χ0n) is 11.8. The van der Waals surface area contributed by atoms with Crippen LogP contribution in [0.5, 0.6) is 5.75 Å². The van der Waals surface area contributed by atoms with Crippen LogP contribution in [0.1, 0.15) is 45.6 Å². The molecule has 0 heterocycles. The van der Waals surface area contributed by atoms with E-state index in [1.54, 1.807) is 0 Å². The molecule has 1 aromatic rings. The Hall–Kier alpha value is -1.02. The van der Waals surface area contributed by atoms with E-state index in [4.69, 9.17) is 10.5 Å². The number of hydrogen-bond donors (Lipinski definition) is 1. The van der Waals surface area contributed by atoms with Crippen LogP contribution >= 0.6 is 0 Å². The molecule has 2 heteroatoms. The number of ether oxygens (including phenoxy) is 1. The summed E-state index contributed by atoms with van der Waals surface area (Å²) >= 11 is 0. The minimum absolute atomic E-state index is 0.190. The fourth-order valence-electron chi connectivity index (χ4n) is 3.12. The smallest absolute Gasteiger partial charge is 0.119 e. The summed E-state index contributed by atoms with van der Waals surface area (Å²) in [6.45, 7) is 7.29. The third-order valence-corrected chi connectivity index (χ3v) is 4.34. The Morgan fingerprint density at radius 1 is 1.33 bits per heavy atom. The molecule has 1 aliphatic rings. The minimum Gasteiger partial charge on any atom is -0.494 e. The predicted molar refractivity (Wildman–Crippen MR) is 75.7 cm³/mol. The van der Waals surface area contributed by atoms with Crippen LogP contribution in [0, 0.1) is 11.8 Å². The molecule has 3 atom stereocenters. The summed E-state index contributed by atoms with van der Waals surface area (Å²) in [5.41, 5.74) is 7.76. The van der Waals surface area contributed by atoms with Crippen molar-refractivity contribution >= 4 is 0 Å². The molecular formula is C16H25NO. The van der Waals surface area contributed by atoms with Crippen molar-refractivity contribution in [2.24, 2.45) is 17.6 Å². The first-order chi connectivity index (χ1) is 8.56. The Labute approximate surface area is 111 Å². The summed E-state index contributed by atoms with van der Waals surface area (Å²) in [7, 11) is 0. The molecule has 0 aromatic heterocycles. The van der Waals surface area contributed by atoms with Crippen LogP contribution in [-0.2, 0) is 5.54 Å². The van der Waals surface area contributed by atoms with Gasteiger partial charge in [0.1, 0.15) is 5.75 Å². The highest BCUT2D eigenvalue weighted by Gasteiger charge is 2.38. The van der Waals surface area contributed by atoms with Gasteiger partial charge in [0, 0.05) is 5.54 Å². The van der Waals surface area contributed by atoms with E-state index in [9.17, 15) is 0 Å². The molecular weight excluding hydrogens is 222 g/mol. The molecule has 0 aliphatic heterocycles. The topological polar surface area (TPSA) is 35.2 Å². The first-order valence-electron chi connectivity index (χ1n) is 7.08. The second-order valence-electron chi connectivity index (χ2n) is 5.79. The Morgan fingerprint density at radius 3 is 2.83 bits per heavy atom. The van der Waals surface area contributed by atoms with Crippen LogP contribution in [0.25, 0.3) is 0 Å². The van der Waals surface area contributed by atoms with E-state index in [1.165, 1.54) is 18.4 Å². The summed E-state index contributed by atoms with van der Waals surface area (Å²) in [5.74, 6) is 2.18. The lowest BCUT2D eigenvalue weighted by Gasteiger charge is -2.42. The van der Waals surface area contributed by atoms with E-state index in [2.05, 4.69) is 32.0 Å². The lowest BCUT2D eigenvalue weighted by Crippen LogP contribution is -2.47. The number of nitrogens with two attached hydrogens (primary N) is 1. The molecule has 0 spiro atoms. The Balaban J connectivity index is 2.30. The Kier molecular flexibility index (Phi) is 3.96. The van der Waals surface area contributed by atoms with Crippen LogP contribution in [0.2, 0.25) is 0 Å². The molecule has 18 heavy (non-hydrogen) atoms. The van der Waals surface area contributed by atoms with E-state index in [0.717, 1.165) is 12.2 Å². The molecule has 3 unspecified atom stereocenters. The van der Waals surface area contributed by atoms with Crippen LogP contribution in [0.3, 0.4) is 0 Å². The minimum atomic E-state index is -0.190. The van der Waals surface area contributed by atoms with Gasteiger partial charge >= 0.3 is 0 Å². The van der Waals surface area contributed by atoms with Crippen molar-refractivity contribution in [3.8, 4) is 5.75 Å². The second kappa shape index (κ2) is 5.31. The standard InChI is InChI=1S/C16H25NO/c1-4-18-15-7-5-6-14(10-15)16(17)11-12(2)8-9-13(16)3/h5-7,10,12-13H,4,8-9,11,17H2,1-3H3. The Bertz CT molecular complexity index is 404. The summed E-state index contributed by atoms with van der Waals surface area (Å²) in [6, 6.07) is 8.34. The molecule has 2 N–H and O–H groups in total. The molecule has 1 saturated carbocycles. The maximum Gasteiger partial charge on any atom is 0.119 e. The van der Waals surface area contributed by atoms with Gasteiger partial charge < -0.3 is 10.5 Å². The van der Waals surface area contributed by atoms with Crippen LogP contribution in [0.15, 0.2) is 24.3 Å². The molecule has 0 amide bonds. The SMILES string of the molecule is CCOc1cccc(C2(N)CC(C)CCC2C)c1. The summed E-state index contributed by atoms with van der Waals surface area (Å²) in [6.07, 6.45) is 3.59. The third kappa shape index (κ3) is 2.54. The van der Waals surface area contributed by atoms with Gasteiger partial charge in [-0.15, -0.1) is 0 Å². The second-order valence-corrected chi connectivity index (χ2v) is 5.79. The average Bonchev–Trinajstić information content (AvgIpc) is 2.35. The third-order valence-electron chi connectivity index (χ3n) is 4.34. The van der Waals surface area contributed by atoms with Crippen molar-refractivity contribution in [3.05, 3.63) is 29.8 Å². The van der Waals surface area contributed by atoms with Gasteiger partial charge in [-0.2, -0.15) is 0 Å². The van der Waals surface area contributed by atoms with Crippen LogP contribution in [0.4, 0.5) is 0 Å². The molecule has 0 saturated heterocycles. The summed E-state index contributed by atoms with van der Waals surface area (Å²) in [5, 5.41) is 0. The van der Waals surface area contributed by atoms with Crippen molar-refractivity contribution in [3.63, 3.8) is 0 Å². The summed E-state index contributed by atoms with van der Waals surface area (Å²) in [4.78, 5) is 0. The highest BCUT2D eigenvalue weighted by molar-refractivity contribution is 5.34. The van der Waals surface area contributed by atoms with E-state index in [-0.39, 0.29) is 5.54 Å². The monoisotopic (exact) mass is 247 g/mol. The maximum atomic E-state index is 6.72. The van der Waals surface area contributed by atoms with Crippen LogP contribution in [-0.4, -0.2) is 6.61 Å². The van der Waals surface area contributed by atoms with E-state index in [0.29, 0.717) is 18.4 Å². The molecule has 0 radical (unpaired) electrons.